The van der Waals surface area contributed by atoms with Crippen LogP contribution in [0.4, 0.5) is 5.69 Å². The minimum absolute atomic E-state index is 0.0544. The van der Waals surface area contributed by atoms with Crippen LogP contribution >= 0.6 is 0 Å². The third-order valence-electron chi connectivity index (χ3n) is 5.59. The first-order valence-corrected chi connectivity index (χ1v) is 10.5. The van der Waals surface area contributed by atoms with Crippen molar-refractivity contribution in [3.63, 3.8) is 0 Å². The molecule has 160 valence electrons. The van der Waals surface area contributed by atoms with Crippen molar-refractivity contribution < 1.29 is 14.7 Å². The minimum Gasteiger partial charge on any atom is -0.481 e. The topological polar surface area (TPSA) is 78.7 Å². The van der Waals surface area contributed by atoms with Gasteiger partial charge in [0.2, 0.25) is 0 Å². The van der Waals surface area contributed by atoms with Crippen molar-refractivity contribution in [2.75, 3.05) is 31.1 Å². The van der Waals surface area contributed by atoms with Crippen LogP contribution in [0, 0.1) is 0 Å². The smallest absolute Gasteiger partial charge is 0.303 e. The Morgan fingerprint density at radius 1 is 0.968 bits per heavy atom. The minimum atomic E-state index is -0.801. The van der Waals surface area contributed by atoms with Crippen molar-refractivity contribution in [3.05, 3.63) is 83.7 Å². The fourth-order valence-electron chi connectivity index (χ4n) is 3.95. The Labute approximate surface area is 181 Å². The standard InChI is InChI=1S/C24H26N4O3/c29-23(30)10-9-20-8-7-19(18-28-12-4-11-25-28)17-22(20)26-13-15-27(16-14-26)24(31)21-5-2-1-3-6-21/h1-8,11-12,17H,9-10,13-16,18H2,(H,29,30). The van der Waals surface area contributed by atoms with Crippen LogP contribution in [0.2, 0.25) is 0 Å². The molecule has 4 rings (SSSR count). The van der Waals surface area contributed by atoms with Crippen LogP contribution in [0.25, 0.3) is 0 Å². The van der Waals surface area contributed by atoms with E-state index in [2.05, 4.69) is 16.1 Å². The second-order valence-electron chi connectivity index (χ2n) is 7.71. The van der Waals surface area contributed by atoms with Gasteiger partial charge in [-0.25, -0.2) is 0 Å². The molecule has 1 N–H and O–H groups in total. The number of amides is 1. The Kier molecular flexibility index (Phi) is 6.31. The summed E-state index contributed by atoms with van der Waals surface area (Å²) in [6.07, 6.45) is 4.25. The molecule has 7 heteroatoms. The number of carboxylic acids is 1. The highest BCUT2D eigenvalue weighted by Crippen LogP contribution is 2.26. The predicted molar refractivity (Wildman–Crippen MR) is 118 cm³/mol. The van der Waals surface area contributed by atoms with Crippen molar-refractivity contribution in [2.45, 2.75) is 19.4 Å². The zero-order valence-corrected chi connectivity index (χ0v) is 17.4. The molecule has 0 unspecified atom stereocenters. The molecule has 1 aromatic heterocycles. The molecule has 1 aliphatic heterocycles. The van der Waals surface area contributed by atoms with Crippen molar-refractivity contribution in [2.24, 2.45) is 0 Å². The lowest BCUT2D eigenvalue weighted by atomic mass is 10.0. The first kappa shape index (κ1) is 20.7. The molecule has 1 aliphatic rings. The quantitative estimate of drug-likeness (QED) is 0.638. The second-order valence-corrected chi connectivity index (χ2v) is 7.71. The fraction of sp³-hybridized carbons (Fsp3) is 0.292. The second kappa shape index (κ2) is 9.47. The number of carbonyl (C=O) groups is 2. The highest BCUT2D eigenvalue weighted by molar-refractivity contribution is 5.94. The number of rotatable bonds is 7. The van der Waals surface area contributed by atoms with E-state index in [0.29, 0.717) is 44.7 Å². The Balaban J connectivity index is 1.50. The Hall–Kier alpha value is -3.61. The number of benzene rings is 2. The fourth-order valence-corrected chi connectivity index (χ4v) is 3.95. The zero-order valence-electron chi connectivity index (χ0n) is 17.4. The lowest BCUT2D eigenvalue weighted by Crippen LogP contribution is -2.49. The molecule has 7 nitrogen and oxygen atoms in total. The molecule has 0 spiro atoms. The van der Waals surface area contributed by atoms with Gasteiger partial charge in [-0.3, -0.25) is 14.3 Å². The summed E-state index contributed by atoms with van der Waals surface area (Å²) in [4.78, 5) is 28.0. The number of carbonyl (C=O) groups excluding carboxylic acids is 1. The van der Waals surface area contributed by atoms with Gasteiger partial charge in [0, 0.05) is 56.2 Å². The summed E-state index contributed by atoms with van der Waals surface area (Å²) in [5.41, 5.74) is 3.90. The summed E-state index contributed by atoms with van der Waals surface area (Å²) in [7, 11) is 0. The lowest BCUT2D eigenvalue weighted by molar-refractivity contribution is -0.136. The van der Waals surface area contributed by atoms with Crippen LogP contribution in [-0.4, -0.2) is 57.8 Å². The van der Waals surface area contributed by atoms with E-state index in [1.54, 1.807) is 6.20 Å². The highest BCUT2D eigenvalue weighted by atomic mass is 16.4. The summed E-state index contributed by atoms with van der Waals surface area (Å²) < 4.78 is 1.87. The molecule has 0 atom stereocenters. The molecule has 3 aromatic rings. The molecular weight excluding hydrogens is 392 g/mol. The molecule has 1 fully saturated rings. The van der Waals surface area contributed by atoms with Crippen molar-refractivity contribution in [1.82, 2.24) is 14.7 Å². The van der Waals surface area contributed by atoms with Crippen LogP contribution in [0.1, 0.15) is 27.9 Å². The van der Waals surface area contributed by atoms with E-state index < -0.39 is 5.97 Å². The van der Waals surface area contributed by atoms with Crippen LogP contribution in [-0.2, 0) is 17.8 Å². The molecule has 0 bridgehead atoms. The zero-order chi connectivity index (χ0) is 21.6. The third-order valence-corrected chi connectivity index (χ3v) is 5.59. The van der Waals surface area contributed by atoms with Crippen LogP contribution in [0.5, 0.6) is 0 Å². The number of aliphatic carboxylic acids is 1. The van der Waals surface area contributed by atoms with Gasteiger partial charge in [0.1, 0.15) is 0 Å². The Morgan fingerprint density at radius 2 is 1.74 bits per heavy atom. The molecule has 0 saturated carbocycles. The van der Waals surface area contributed by atoms with Crippen molar-refractivity contribution in [1.29, 1.82) is 0 Å². The summed E-state index contributed by atoms with van der Waals surface area (Å²) in [5.74, 6) is -0.747. The summed E-state index contributed by atoms with van der Waals surface area (Å²) in [5, 5.41) is 13.4. The van der Waals surface area contributed by atoms with Crippen LogP contribution < -0.4 is 4.90 Å². The monoisotopic (exact) mass is 418 g/mol. The van der Waals surface area contributed by atoms with Gasteiger partial charge in [-0.15, -0.1) is 0 Å². The highest BCUT2D eigenvalue weighted by Gasteiger charge is 2.23. The van der Waals surface area contributed by atoms with E-state index in [1.807, 2.05) is 64.3 Å². The molecule has 1 amide bonds. The maximum absolute atomic E-state index is 12.8. The number of anilines is 1. The van der Waals surface area contributed by atoms with Gasteiger partial charge >= 0.3 is 5.97 Å². The number of piperazine rings is 1. The van der Waals surface area contributed by atoms with Gasteiger partial charge in [-0.2, -0.15) is 5.10 Å². The van der Waals surface area contributed by atoms with Crippen LogP contribution in [0.3, 0.4) is 0 Å². The number of aryl methyl sites for hydroxylation is 1. The van der Waals surface area contributed by atoms with E-state index in [4.69, 9.17) is 5.11 Å². The summed E-state index contributed by atoms with van der Waals surface area (Å²) >= 11 is 0. The first-order valence-electron chi connectivity index (χ1n) is 10.5. The van der Waals surface area contributed by atoms with Gasteiger partial charge in [0.25, 0.3) is 5.91 Å². The van der Waals surface area contributed by atoms with E-state index in [-0.39, 0.29) is 12.3 Å². The number of hydrogen-bond acceptors (Lipinski definition) is 4. The van der Waals surface area contributed by atoms with Gasteiger partial charge in [-0.1, -0.05) is 30.3 Å². The maximum atomic E-state index is 12.8. The molecule has 31 heavy (non-hydrogen) atoms. The number of nitrogens with zero attached hydrogens (tertiary/aromatic N) is 4. The van der Waals surface area contributed by atoms with E-state index >= 15 is 0 Å². The molecule has 2 heterocycles. The number of aromatic nitrogens is 2. The van der Waals surface area contributed by atoms with Crippen molar-refractivity contribution >= 4 is 17.6 Å². The number of hydrogen-bond donors (Lipinski definition) is 1. The SMILES string of the molecule is O=C(O)CCc1ccc(Cn2cccn2)cc1N1CCN(C(=O)c2ccccc2)CC1. The molecule has 1 saturated heterocycles. The van der Waals surface area contributed by atoms with Gasteiger partial charge in [0.15, 0.2) is 0 Å². The summed E-state index contributed by atoms with van der Waals surface area (Å²) in [6, 6.07) is 17.4. The third kappa shape index (κ3) is 5.12. The van der Waals surface area contributed by atoms with Crippen LogP contribution in [0.15, 0.2) is 67.0 Å². The molecular formula is C24H26N4O3. The van der Waals surface area contributed by atoms with E-state index in [1.165, 1.54) is 0 Å². The maximum Gasteiger partial charge on any atom is 0.303 e. The lowest BCUT2D eigenvalue weighted by Gasteiger charge is -2.37. The average molecular weight is 418 g/mol. The Bertz CT molecular complexity index is 1030. The van der Waals surface area contributed by atoms with Gasteiger partial charge in [-0.05, 0) is 41.8 Å². The largest absolute Gasteiger partial charge is 0.481 e. The molecule has 0 radical (unpaired) electrons. The van der Waals surface area contributed by atoms with Gasteiger partial charge < -0.3 is 14.9 Å². The van der Waals surface area contributed by atoms with Crippen molar-refractivity contribution in [3.8, 4) is 0 Å². The average Bonchev–Trinajstić information content (AvgIpc) is 3.31. The number of carboxylic acid groups (broad SMARTS) is 1. The van der Waals surface area contributed by atoms with Gasteiger partial charge in [0.05, 0.1) is 6.54 Å². The molecule has 2 aromatic carbocycles. The van der Waals surface area contributed by atoms with E-state index in [9.17, 15) is 9.59 Å². The summed E-state index contributed by atoms with van der Waals surface area (Å²) in [6.45, 7) is 3.35. The normalized spacial score (nSPS) is 13.9. The van der Waals surface area contributed by atoms with E-state index in [0.717, 1.165) is 16.8 Å². The predicted octanol–water partition coefficient (Wildman–Crippen LogP) is 2.91. The Morgan fingerprint density at radius 3 is 2.42 bits per heavy atom. The molecule has 0 aliphatic carbocycles. The first-order chi connectivity index (χ1) is 15.1.